The average molecular weight is 420 g/mol. The highest BCUT2D eigenvalue weighted by Crippen LogP contribution is 2.37. The fraction of sp³-hybridized carbons (Fsp3) is 0.360. The first kappa shape index (κ1) is 21.1. The number of carbonyl (C=O) groups is 2. The first-order valence-corrected chi connectivity index (χ1v) is 10.8. The minimum absolute atomic E-state index is 0.256. The van der Waals surface area contributed by atoms with Crippen molar-refractivity contribution in [2.24, 2.45) is 0 Å². The normalized spacial score (nSPS) is 17.7. The first-order chi connectivity index (χ1) is 14.9. The quantitative estimate of drug-likeness (QED) is 0.697. The molecule has 4 rings (SSSR count). The molecule has 2 aliphatic heterocycles. The lowest BCUT2D eigenvalue weighted by molar-refractivity contribution is -0.120. The van der Waals surface area contributed by atoms with E-state index in [9.17, 15) is 9.59 Å². The van der Waals surface area contributed by atoms with Gasteiger partial charge in [0.15, 0.2) is 0 Å². The summed E-state index contributed by atoms with van der Waals surface area (Å²) in [7, 11) is 2.07. The maximum atomic E-state index is 13.7. The van der Waals surface area contributed by atoms with Crippen molar-refractivity contribution in [2.75, 3.05) is 44.7 Å². The summed E-state index contributed by atoms with van der Waals surface area (Å²) in [6, 6.07) is 13.1. The Hall–Kier alpha value is -3.12. The molecule has 6 heteroatoms. The number of carbonyl (C=O) groups excluding carboxylic acids is 2. The molecule has 0 bridgehead atoms. The van der Waals surface area contributed by atoms with Gasteiger partial charge in [-0.1, -0.05) is 23.8 Å². The van der Waals surface area contributed by atoms with Crippen LogP contribution in [0, 0.1) is 13.8 Å². The van der Waals surface area contributed by atoms with Crippen molar-refractivity contribution in [3.63, 3.8) is 0 Å². The van der Waals surface area contributed by atoms with Crippen LogP contribution in [-0.4, -0.2) is 61.4 Å². The molecule has 2 aromatic carbocycles. The molecule has 162 valence electrons. The lowest BCUT2D eigenvalue weighted by Gasteiger charge is -2.34. The van der Waals surface area contributed by atoms with Crippen molar-refractivity contribution in [2.45, 2.75) is 20.8 Å². The Morgan fingerprint density at radius 2 is 1.58 bits per heavy atom. The largest absolute Gasteiger partial charge is 0.494 e. The minimum atomic E-state index is -0.268. The summed E-state index contributed by atoms with van der Waals surface area (Å²) in [5, 5.41) is 0. The standard InChI is InChI=1S/C25H29N3O3/c1-5-31-20-9-7-19(8-10-20)28-24(29)22(21-11-6-17(2)16-18(21)3)23(25(28)30)27-14-12-26(4)13-15-27/h6-11,16H,5,12-15H2,1-4H3. The van der Waals surface area contributed by atoms with E-state index in [0.29, 0.717) is 29.3 Å². The number of nitrogens with zero attached hydrogens (tertiary/aromatic N) is 3. The number of imide groups is 1. The molecule has 1 saturated heterocycles. The molecule has 31 heavy (non-hydrogen) atoms. The highest BCUT2D eigenvalue weighted by molar-refractivity contribution is 6.45. The number of aryl methyl sites for hydroxylation is 2. The molecule has 6 nitrogen and oxygen atoms in total. The topological polar surface area (TPSA) is 53.1 Å². The van der Waals surface area contributed by atoms with Crippen LogP contribution < -0.4 is 9.64 Å². The van der Waals surface area contributed by atoms with Crippen LogP contribution in [0.5, 0.6) is 5.75 Å². The van der Waals surface area contributed by atoms with E-state index in [-0.39, 0.29) is 11.8 Å². The average Bonchev–Trinajstić information content (AvgIpc) is 3.00. The van der Waals surface area contributed by atoms with Gasteiger partial charge < -0.3 is 14.5 Å². The second-order valence-electron chi connectivity index (χ2n) is 8.20. The van der Waals surface area contributed by atoms with Crippen molar-refractivity contribution >= 4 is 23.1 Å². The number of benzene rings is 2. The molecule has 0 aromatic heterocycles. The summed E-state index contributed by atoms with van der Waals surface area (Å²) in [4.78, 5) is 32.9. The zero-order chi connectivity index (χ0) is 22.1. The van der Waals surface area contributed by atoms with Gasteiger partial charge in [0.25, 0.3) is 11.8 Å². The van der Waals surface area contributed by atoms with Gasteiger partial charge >= 0.3 is 0 Å². The molecule has 2 aromatic rings. The third-order valence-electron chi connectivity index (χ3n) is 5.94. The number of hydrogen-bond donors (Lipinski definition) is 0. The summed E-state index contributed by atoms with van der Waals surface area (Å²) in [5.74, 6) is 0.191. The van der Waals surface area contributed by atoms with Crippen LogP contribution in [0.15, 0.2) is 48.2 Å². The molecule has 0 radical (unpaired) electrons. The van der Waals surface area contributed by atoms with Crippen LogP contribution in [0.2, 0.25) is 0 Å². The molecular formula is C25H29N3O3. The van der Waals surface area contributed by atoms with Gasteiger partial charge in [0, 0.05) is 26.2 Å². The summed E-state index contributed by atoms with van der Waals surface area (Å²) < 4.78 is 5.51. The molecule has 2 aliphatic rings. The fourth-order valence-corrected chi connectivity index (χ4v) is 4.27. The molecular weight excluding hydrogens is 390 g/mol. The highest BCUT2D eigenvalue weighted by Gasteiger charge is 2.43. The van der Waals surface area contributed by atoms with Gasteiger partial charge in [-0.25, -0.2) is 4.90 Å². The molecule has 0 saturated carbocycles. The second kappa shape index (κ2) is 8.55. The minimum Gasteiger partial charge on any atom is -0.494 e. The van der Waals surface area contributed by atoms with Crippen LogP contribution in [-0.2, 0) is 9.59 Å². The van der Waals surface area contributed by atoms with Gasteiger partial charge in [-0.15, -0.1) is 0 Å². The van der Waals surface area contributed by atoms with Crippen LogP contribution in [0.1, 0.15) is 23.6 Å². The third kappa shape index (κ3) is 3.95. The van der Waals surface area contributed by atoms with Gasteiger partial charge in [0.1, 0.15) is 11.4 Å². The molecule has 0 spiro atoms. The second-order valence-corrected chi connectivity index (χ2v) is 8.20. The van der Waals surface area contributed by atoms with E-state index in [1.165, 1.54) is 4.90 Å². The molecule has 2 amide bonds. The lowest BCUT2D eigenvalue weighted by Crippen LogP contribution is -2.46. The Morgan fingerprint density at radius 1 is 0.903 bits per heavy atom. The van der Waals surface area contributed by atoms with Gasteiger partial charge in [-0.3, -0.25) is 9.59 Å². The maximum absolute atomic E-state index is 13.7. The lowest BCUT2D eigenvalue weighted by atomic mass is 9.97. The van der Waals surface area contributed by atoms with E-state index >= 15 is 0 Å². The van der Waals surface area contributed by atoms with Crippen LogP contribution >= 0.6 is 0 Å². The van der Waals surface area contributed by atoms with E-state index in [0.717, 1.165) is 42.9 Å². The summed E-state index contributed by atoms with van der Waals surface area (Å²) in [6.07, 6.45) is 0. The first-order valence-electron chi connectivity index (χ1n) is 10.8. The SMILES string of the molecule is CCOc1ccc(N2C(=O)C(c3ccc(C)cc3C)=C(N3CCN(C)CC3)C2=O)cc1. The summed E-state index contributed by atoms with van der Waals surface area (Å²) in [5.41, 5.74) is 4.52. The predicted octanol–water partition coefficient (Wildman–Crippen LogP) is 3.23. The summed E-state index contributed by atoms with van der Waals surface area (Å²) >= 11 is 0. The Morgan fingerprint density at radius 3 is 2.19 bits per heavy atom. The Labute approximate surface area is 183 Å². The van der Waals surface area contributed by atoms with Crippen molar-refractivity contribution < 1.29 is 14.3 Å². The zero-order valence-electron chi connectivity index (χ0n) is 18.6. The predicted molar refractivity (Wildman–Crippen MR) is 122 cm³/mol. The third-order valence-corrected chi connectivity index (χ3v) is 5.94. The molecule has 0 N–H and O–H groups in total. The fourth-order valence-electron chi connectivity index (χ4n) is 4.27. The van der Waals surface area contributed by atoms with Crippen molar-refractivity contribution in [1.82, 2.24) is 9.80 Å². The van der Waals surface area contributed by atoms with Gasteiger partial charge in [-0.2, -0.15) is 0 Å². The highest BCUT2D eigenvalue weighted by atomic mass is 16.5. The maximum Gasteiger partial charge on any atom is 0.282 e. The number of rotatable bonds is 5. The van der Waals surface area contributed by atoms with Gasteiger partial charge in [0.2, 0.25) is 0 Å². The van der Waals surface area contributed by atoms with E-state index in [1.807, 2.05) is 32.9 Å². The Bertz CT molecular complexity index is 1030. The van der Waals surface area contributed by atoms with Crippen molar-refractivity contribution in [1.29, 1.82) is 0 Å². The zero-order valence-corrected chi connectivity index (χ0v) is 18.6. The molecule has 1 fully saturated rings. The van der Waals surface area contributed by atoms with Crippen LogP contribution in [0.25, 0.3) is 5.57 Å². The van der Waals surface area contributed by atoms with Crippen molar-refractivity contribution in [3.05, 3.63) is 64.9 Å². The number of piperazine rings is 1. The number of ether oxygens (including phenoxy) is 1. The number of hydrogen-bond acceptors (Lipinski definition) is 5. The molecule has 0 unspecified atom stereocenters. The smallest absolute Gasteiger partial charge is 0.282 e. The molecule has 0 atom stereocenters. The van der Waals surface area contributed by atoms with Gasteiger partial charge in [-0.05, 0) is 63.2 Å². The Kier molecular flexibility index (Phi) is 5.83. The monoisotopic (exact) mass is 419 g/mol. The van der Waals surface area contributed by atoms with Crippen LogP contribution in [0.4, 0.5) is 5.69 Å². The van der Waals surface area contributed by atoms with Crippen LogP contribution in [0.3, 0.4) is 0 Å². The summed E-state index contributed by atoms with van der Waals surface area (Å²) in [6.45, 7) is 9.65. The molecule has 0 aliphatic carbocycles. The Balaban J connectivity index is 1.78. The van der Waals surface area contributed by atoms with E-state index in [4.69, 9.17) is 4.74 Å². The van der Waals surface area contributed by atoms with E-state index in [2.05, 4.69) is 22.9 Å². The van der Waals surface area contributed by atoms with Crippen molar-refractivity contribution in [3.8, 4) is 5.75 Å². The van der Waals surface area contributed by atoms with Gasteiger partial charge in [0.05, 0.1) is 17.9 Å². The number of likely N-dealkylation sites (N-methyl/N-ethyl adjacent to an activating group) is 1. The van der Waals surface area contributed by atoms with E-state index in [1.54, 1.807) is 24.3 Å². The number of amides is 2. The molecule has 2 heterocycles. The number of anilines is 1. The van der Waals surface area contributed by atoms with E-state index < -0.39 is 0 Å².